The fourth-order valence-corrected chi connectivity index (χ4v) is 1.94. The molecule has 0 radical (unpaired) electrons. The Morgan fingerprint density at radius 2 is 2.21 bits per heavy atom. The predicted molar refractivity (Wildman–Crippen MR) is 85.0 cm³/mol. The van der Waals surface area contributed by atoms with Crippen molar-refractivity contribution in [1.29, 1.82) is 0 Å². The monoisotopic (exact) mass is 334 g/mol. The van der Waals surface area contributed by atoms with Crippen molar-refractivity contribution in [3.8, 4) is 11.5 Å². The van der Waals surface area contributed by atoms with Gasteiger partial charge in [0.25, 0.3) is 5.91 Å². The van der Waals surface area contributed by atoms with Crippen LogP contribution in [0.4, 0.5) is 4.79 Å². The Morgan fingerprint density at radius 3 is 2.83 bits per heavy atom. The van der Waals surface area contributed by atoms with E-state index in [1.807, 2.05) is 6.92 Å². The summed E-state index contributed by atoms with van der Waals surface area (Å²) in [6, 6.07) is 4.40. The fourth-order valence-electron chi connectivity index (χ4n) is 1.94. The normalized spacial score (nSPS) is 14.0. The lowest BCUT2D eigenvalue weighted by Gasteiger charge is -2.11. The number of likely N-dealkylation sites (N-methyl/N-ethyl adjacent to an activating group) is 1. The summed E-state index contributed by atoms with van der Waals surface area (Å²) in [5.74, 6) is 0.207. The molecule has 2 N–H and O–H groups in total. The van der Waals surface area contributed by atoms with E-state index >= 15 is 0 Å². The zero-order valence-corrected chi connectivity index (χ0v) is 13.4. The quantitative estimate of drug-likeness (QED) is 0.543. The van der Waals surface area contributed by atoms with E-state index in [1.54, 1.807) is 18.2 Å². The summed E-state index contributed by atoms with van der Waals surface area (Å²) in [7, 11) is 1.47. The largest absolute Gasteiger partial charge is 0.493 e. The molecule has 128 valence electrons. The third kappa shape index (κ3) is 4.45. The maximum absolute atomic E-state index is 11.4. The van der Waals surface area contributed by atoms with Crippen molar-refractivity contribution in [1.82, 2.24) is 15.6 Å². The van der Waals surface area contributed by atoms with E-state index in [9.17, 15) is 14.4 Å². The van der Waals surface area contributed by atoms with Crippen LogP contribution in [0, 0.1) is 0 Å². The molecule has 4 amide bonds. The number of hydrogen-bond donors (Lipinski definition) is 2. The number of methoxy groups -OCH3 is 1. The summed E-state index contributed by atoms with van der Waals surface area (Å²) in [5, 5.41) is 9.72. The van der Waals surface area contributed by atoms with Gasteiger partial charge in [0, 0.05) is 6.54 Å². The van der Waals surface area contributed by atoms with E-state index in [4.69, 9.17) is 9.47 Å². The molecule has 0 saturated carbocycles. The molecule has 1 fully saturated rings. The highest BCUT2D eigenvalue weighted by Gasteiger charge is 2.25. The highest BCUT2D eigenvalue weighted by atomic mass is 16.5. The van der Waals surface area contributed by atoms with Crippen molar-refractivity contribution in [2.75, 3.05) is 26.8 Å². The van der Waals surface area contributed by atoms with E-state index < -0.39 is 11.9 Å². The third-order valence-electron chi connectivity index (χ3n) is 3.04. The van der Waals surface area contributed by atoms with Crippen molar-refractivity contribution in [3.05, 3.63) is 23.8 Å². The number of amides is 4. The van der Waals surface area contributed by atoms with Gasteiger partial charge in [0.15, 0.2) is 18.1 Å². The van der Waals surface area contributed by atoms with Crippen LogP contribution >= 0.6 is 0 Å². The molecule has 2 rings (SSSR count). The Balaban J connectivity index is 2.04. The van der Waals surface area contributed by atoms with Crippen LogP contribution in [0.5, 0.6) is 11.5 Å². The molecule has 9 heteroatoms. The van der Waals surface area contributed by atoms with Gasteiger partial charge in [-0.3, -0.25) is 14.9 Å². The molecule has 1 aromatic rings. The predicted octanol–water partition coefficient (Wildman–Crippen LogP) is 0.0958. The number of hydrazone groups is 1. The standard InChI is InChI=1S/C15H18N4O5/c1-3-16-14(21)9-24-11-5-4-10(6-12(11)23-2)7-17-19-8-13(20)18-15(19)22/h4-7H,3,8-9H2,1-2H3,(H,16,21)(H,18,20,22)/b17-7+. The minimum Gasteiger partial charge on any atom is -0.493 e. The lowest BCUT2D eigenvalue weighted by molar-refractivity contribution is -0.123. The smallest absolute Gasteiger partial charge is 0.344 e. The van der Waals surface area contributed by atoms with Crippen LogP contribution in [-0.2, 0) is 9.59 Å². The van der Waals surface area contributed by atoms with Crippen LogP contribution in [0.2, 0.25) is 0 Å². The molecule has 1 aromatic carbocycles. The Kier molecular flexibility index (Phi) is 5.72. The van der Waals surface area contributed by atoms with Gasteiger partial charge in [-0.05, 0) is 30.7 Å². The summed E-state index contributed by atoms with van der Waals surface area (Å²) in [6.45, 7) is 2.12. The number of nitrogens with one attached hydrogen (secondary N) is 2. The van der Waals surface area contributed by atoms with Gasteiger partial charge in [-0.1, -0.05) is 0 Å². The zero-order chi connectivity index (χ0) is 17.5. The topological polar surface area (TPSA) is 109 Å². The molecule has 0 atom stereocenters. The zero-order valence-electron chi connectivity index (χ0n) is 13.4. The van der Waals surface area contributed by atoms with Crippen molar-refractivity contribution < 1.29 is 23.9 Å². The Bertz CT molecular complexity index is 674. The maximum atomic E-state index is 11.4. The molecule has 0 unspecified atom stereocenters. The first kappa shape index (κ1) is 17.3. The number of carbonyl (C=O) groups is 3. The lowest BCUT2D eigenvalue weighted by Crippen LogP contribution is -2.28. The molecule has 0 aromatic heterocycles. The third-order valence-corrected chi connectivity index (χ3v) is 3.04. The van der Waals surface area contributed by atoms with Gasteiger partial charge >= 0.3 is 6.03 Å². The number of benzene rings is 1. The molecular formula is C15H18N4O5. The average Bonchev–Trinajstić information content (AvgIpc) is 2.89. The second kappa shape index (κ2) is 7.95. The van der Waals surface area contributed by atoms with Crippen molar-refractivity contribution in [3.63, 3.8) is 0 Å². The number of hydrogen-bond acceptors (Lipinski definition) is 6. The van der Waals surface area contributed by atoms with Crippen LogP contribution in [0.1, 0.15) is 12.5 Å². The summed E-state index contributed by atoms with van der Waals surface area (Å²) in [5.41, 5.74) is 0.643. The Morgan fingerprint density at radius 1 is 1.42 bits per heavy atom. The molecule has 1 aliphatic rings. The lowest BCUT2D eigenvalue weighted by atomic mass is 10.2. The minimum atomic E-state index is -0.565. The number of nitrogens with zero attached hydrogens (tertiary/aromatic N) is 2. The molecule has 0 bridgehead atoms. The summed E-state index contributed by atoms with van der Waals surface area (Å²) in [4.78, 5) is 33.9. The first-order valence-corrected chi connectivity index (χ1v) is 7.26. The maximum Gasteiger partial charge on any atom is 0.344 e. The van der Waals surface area contributed by atoms with Gasteiger partial charge in [-0.15, -0.1) is 0 Å². The van der Waals surface area contributed by atoms with Gasteiger partial charge in [0.05, 0.1) is 13.3 Å². The molecular weight excluding hydrogens is 316 g/mol. The number of rotatable bonds is 7. The van der Waals surface area contributed by atoms with Gasteiger partial charge in [0.1, 0.15) is 6.54 Å². The average molecular weight is 334 g/mol. The van der Waals surface area contributed by atoms with Crippen LogP contribution in [-0.4, -0.2) is 55.9 Å². The van der Waals surface area contributed by atoms with Crippen molar-refractivity contribution in [2.24, 2.45) is 5.10 Å². The number of imide groups is 1. The fraction of sp³-hybridized carbons (Fsp3) is 0.333. The van der Waals surface area contributed by atoms with Gasteiger partial charge < -0.3 is 14.8 Å². The molecule has 0 aliphatic carbocycles. The van der Waals surface area contributed by atoms with Gasteiger partial charge in [-0.2, -0.15) is 5.10 Å². The first-order valence-electron chi connectivity index (χ1n) is 7.26. The molecule has 9 nitrogen and oxygen atoms in total. The molecule has 1 saturated heterocycles. The minimum absolute atomic E-state index is 0.111. The Labute approximate surface area is 138 Å². The highest BCUT2D eigenvalue weighted by molar-refractivity contribution is 6.02. The summed E-state index contributed by atoms with van der Waals surface area (Å²) in [6.07, 6.45) is 1.42. The van der Waals surface area contributed by atoms with Crippen LogP contribution < -0.4 is 20.1 Å². The summed E-state index contributed by atoms with van der Waals surface area (Å²) < 4.78 is 10.6. The molecule has 1 heterocycles. The summed E-state index contributed by atoms with van der Waals surface area (Å²) >= 11 is 0. The molecule has 24 heavy (non-hydrogen) atoms. The van der Waals surface area contributed by atoms with Crippen LogP contribution in [0.15, 0.2) is 23.3 Å². The van der Waals surface area contributed by atoms with E-state index in [2.05, 4.69) is 15.7 Å². The van der Waals surface area contributed by atoms with Crippen LogP contribution in [0.3, 0.4) is 0 Å². The van der Waals surface area contributed by atoms with Crippen LogP contribution in [0.25, 0.3) is 0 Å². The van der Waals surface area contributed by atoms with E-state index in [0.29, 0.717) is 23.6 Å². The highest BCUT2D eigenvalue weighted by Crippen LogP contribution is 2.27. The first-order chi connectivity index (χ1) is 11.5. The SMILES string of the molecule is CCNC(=O)COc1ccc(/C=N/N2CC(=O)NC2=O)cc1OC. The molecule has 0 spiro atoms. The number of ether oxygens (including phenoxy) is 2. The van der Waals surface area contributed by atoms with Crippen molar-refractivity contribution >= 4 is 24.1 Å². The Hall–Kier alpha value is -3.10. The second-order valence-electron chi connectivity index (χ2n) is 4.81. The van der Waals surface area contributed by atoms with Gasteiger partial charge in [-0.25, -0.2) is 9.80 Å². The van der Waals surface area contributed by atoms with Crippen molar-refractivity contribution in [2.45, 2.75) is 6.92 Å². The number of urea groups is 1. The van der Waals surface area contributed by atoms with E-state index in [0.717, 1.165) is 5.01 Å². The molecule has 1 aliphatic heterocycles. The second-order valence-corrected chi connectivity index (χ2v) is 4.81. The van der Waals surface area contributed by atoms with E-state index in [1.165, 1.54) is 13.3 Å². The number of carbonyl (C=O) groups excluding carboxylic acids is 3. The van der Waals surface area contributed by atoms with E-state index in [-0.39, 0.29) is 19.1 Å². The van der Waals surface area contributed by atoms with Gasteiger partial charge in [0.2, 0.25) is 5.91 Å².